The number of aromatic amines is 1. The number of aromatic nitrogens is 2. The van der Waals surface area contributed by atoms with Gasteiger partial charge in [0.25, 0.3) is 0 Å². The Morgan fingerprint density at radius 1 is 1.40 bits per heavy atom. The molecular formula is C9H6Br2N2O2. The van der Waals surface area contributed by atoms with Crippen molar-refractivity contribution < 1.29 is 4.79 Å². The summed E-state index contributed by atoms with van der Waals surface area (Å²) >= 11 is 6.63. The number of rotatable bonds is 0. The van der Waals surface area contributed by atoms with E-state index < -0.39 is 5.69 Å². The van der Waals surface area contributed by atoms with Crippen LogP contribution in [0.5, 0.6) is 0 Å². The zero-order valence-electron chi connectivity index (χ0n) is 7.67. The van der Waals surface area contributed by atoms with Crippen LogP contribution >= 0.6 is 31.9 Å². The van der Waals surface area contributed by atoms with Crippen molar-refractivity contribution in [2.45, 2.75) is 6.92 Å². The summed E-state index contributed by atoms with van der Waals surface area (Å²) in [5.41, 5.74) is 0.767. The second-order valence-electron chi connectivity index (χ2n) is 3.07. The van der Waals surface area contributed by atoms with E-state index in [1.54, 1.807) is 12.1 Å². The van der Waals surface area contributed by atoms with Gasteiger partial charge < -0.3 is 4.98 Å². The largest absolute Gasteiger partial charge is 0.333 e. The topological polar surface area (TPSA) is 54.9 Å². The summed E-state index contributed by atoms with van der Waals surface area (Å²) in [6.07, 6.45) is 0. The van der Waals surface area contributed by atoms with Crippen LogP contribution in [0.25, 0.3) is 11.0 Å². The Labute approximate surface area is 102 Å². The number of hydrogen-bond donors (Lipinski definition) is 1. The van der Waals surface area contributed by atoms with Crippen LogP contribution in [0, 0.1) is 0 Å². The van der Waals surface area contributed by atoms with E-state index in [2.05, 4.69) is 36.8 Å². The van der Waals surface area contributed by atoms with E-state index >= 15 is 0 Å². The lowest BCUT2D eigenvalue weighted by Gasteiger charge is -2.00. The lowest BCUT2D eigenvalue weighted by Crippen LogP contribution is -2.21. The molecule has 0 saturated heterocycles. The number of H-pyrrole nitrogens is 1. The van der Waals surface area contributed by atoms with Gasteiger partial charge in [-0.1, -0.05) is 15.9 Å². The van der Waals surface area contributed by atoms with Gasteiger partial charge >= 0.3 is 5.69 Å². The molecule has 0 aliphatic rings. The Hall–Kier alpha value is -0.880. The van der Waals surface area contributed by atoms with E-state index in [9.17, 15) is 9.59 Å². The first kappa shape index (κ1) is 10.6. The molecule has 0 aliphatic heterocycles. The molecule has 1 aromatic heterocycles. The minimum atomic E-state index is -0.420. The third-order valence-electron chi connectivity index (χ3n) is 2.01. The van der Waals surface area contributed by atoms with Crippen molar-refractivity contribution in [3.8, 4) is 0 Å². The summed E-state index contributed by atoms with van der Waals surface area (Å²) in [6.45, 7) is 1.35. The highest BCUT2D eigenvalue weighted by atomic mass is 79.9. The van der Waals surface area contributed by atoms with Crippen LogP contribution in [0.4, 0.5) is 0 Å². The van der Waals surface area contributed by atoms with Gasteiger partial charge in [-0.15, -0.1) is 0 Å². The number of benzene rings is 1. The van der Waals surface area contributed by atoms with Gasteiger partial charge in [-0.25, -0.2) is 9.36 Å². The van der Waals surface area contributed by atoms with Gasteiger partial charge in [0.2, 0.25) is 5.91 Å². The molecule has 0 unspecified atom stereocenters. The number of imidazole rings is 1. The maximum atomic E-state index is 11.5. The molecular weight excluding hydrogens is 328 g/mol. The molecule has 0 atom stereocenters. The summed E-state index contributed by atoms with van der Waals surface area (Å²) in [5.74, 6) is -0.311. The van der Waals surface area contributed by atoms with Crippen LogP contribution in [-0.4, -0.2) is 15.5 Å². The molecule has 1 N–H and O–H groups in total. The van der Waals surface area contributed by atoms with E-state index in [0.29, 0.717) is 15.5 Å². The fraction of sp³-hybridized carbons (Fsp3) is 0.111. The number of carbonyl (C=O) groups is 1. The lowest BCUT2D eigenvalue weighted by atomic mass is 10.3. The molecule has 15 heavy (non-hydrogen) atoms. The van der Waals surface area contributed by atoms with Gasteiger partial charge in [0.15, 0.2) is 0 Å². The zero-order valence-corrected chi connectivity index (χ0v) is 10.8. The summed E-state index contributed by atoms with van der Waals surface area (Å²) < 4.78 is 2.63. The smallest absolute Gasteiger partial charge is 0.305 e. The average molecular weight is 334 g/mol. The third kappa shape index (κ3) is 1.68. The van der Waals surface area contributed by atoms with E-state index in [-0.39, 0.29) is 5.91 Å². The first-order chi connectivity index (χ1) is 7.00. The molecule has 1 heterocycles. The maximum absolute atomic E-state index is 11.5. The molecule has 4 nitrogen and oxygen atoms in total. The van der Waals surface area contributed by atoms with Crippen LogP contribution < -0.4 is 5.69 Å². The van der Waals surface area contributed by atoms with Crippen molar-refractivity contribution in [1.29, 1.82) is 0 Å². The molecule has 0 amide bonds. The van der Waals surface area contributed by atoms with Gasteiger partial charge in [-0.2, -0.15) is 0 Å². The van der Waals surface area contributed by atoms with Gasteiger partial charge in [-0.3, -0.25) is 4.79 Å². The first-order valence-electron chi connectivity index (χ1n) is 4.11. The monoisotopic (exact) mass is 332 g/mol. The van der Waals surface area contributed by atoms with Crippen LogP contribution in [0.2, 0.25) is 0 Å². The number of nitrogens with zero attached hydrogens (tertiary/aromatic N) is 1. The Morgan fingerprint density at radius 3 is 2.67 bits per heavy atom. The Balaban J connectivity index is 3.00. The fourth-order valence-electron chi connectivity index (χ4n) is 1.46. The molecule has 2 rings (SSSR count). The van der Waals surface area contributed by atoms with Crippen molar-refractivity contribution in [2.75, 3.05) is 0 Å². The zero-order chi connectivity index (χ0) is 11.2. The molecule has 78 valence electrons. The van der Waals surface area contributed by atoms with E-state index in [1.165, 1.54) is 6.92 Å². The van der Waals surface area contributed by atoms with Crippen LogP contribution in [0.15, 0.2) is 25.9 Å². The van der Waals surface area contributed by atoms with Crippen LogP contribution in [0.3, 0.4) is 0 Å². The Kier molecular flexibility index (Phi) is 2.56. The summed E-state index contributed by atoms with van der Waals surface area (Å²) in [4.78, 5) is 25.4. The van der Waals surface area contributed by atoms with E-state index in [0.717, 1.165) is 9.04 Å². The van der Waals surface area contributed by atoms with Gasteiger partial charge in [0, 0.05) is 15.9 Å². The first-order valence-corrected chi connectivity index (χ1v) is 5.70. The molecule has 0 radical (unpaired) electrons. The SMILES string of the molecule is CC(=O)n1c(=O)[nH]c2cc(Br)cc(Br)c21. The van der Waals surface area contributed by atoms with Crippen LogP contribution in [0.1, 0.15) is 11.7 Å². The number of hydrogen-bond acceptors (Lipinski definition) is 2. The fourth-order valence-corrected chi connectivity index (χ4v) is 2.86. The maximum Gasteiger partial charge on any atom is 0.333 e. The Morgan fingerprint density at radius 2 is 2.07 bits per heavy atom. The highest BCUT2D eigenvalue weighted by Crippen LogP contribution is 2.26. The number of halogens is 2. The van der Waals surface area contributed by atoms with E-state index in [4.69, 9.17) is 0 Å². The van der Waals surface area contributed by atoms with Crippen LogP contribution in [-0.2, 0) is 0 Å². The van der Waals surface area contributed by atoms with Crippen molar-refractivity contribution in [3.63, 3.8) is 0 Å². The van der Waals surface area contributed by atoms with Gasteiger partial charge in [0.1, 0.15) is 0 Å². The molecule has 6 heteroatoms. The number of fused-ring (bicyclic) bond motifs is 1. The average Bonchev–Trinajstić information content (AvgIpc) is 2.40. The van der Waals surface area contributed by atoms with Crippen molar-refractivity contribution in [2.24, 2.45) is 0 Å². The van der Waals surface area contributed by atoms with Crippen molar-refractivity contribution in [3.05, 3.63) is 31.6 Å². The third-order valence-corrected chi connectivity index (χ3v) is 3.07. The highest BCUT2D eigenvalue weighted by Gasteiger charge is 2.13. The second-order valence-corrected chi connectivity index (χ2v) is 4.84. The van der Waals surface area contributed by atoms with E-state index in [1.807, 2.05) is 0 Å². The predicted molar refractivity (Wildman–Crippen MR) is 64.3 cm³/mol. The minimum absolute atomic E-state index is 0.311. The molecule has 0 bridgehead atoms. The number of nitrogens with one attached hydrogen (secondary N) is 1. The summed E-state index contributed by atoms with van der Waals surface area (Å²) in [6, 6.07) is 3.54. The van der Waals surface area contributed by atoms with Gasteiger partial charge in [0.05, 0.1) is 11.0 Å². The molecule has 1 aromatic carbocycles. The molecule has 0 fully saturated rings. The van der Waals surface area contributed by atoms with Gasteiger partial charge in [-0.05, 0) is 28.1 Å². The molecule has 0 saturated carbocycles. The molecule has 0 spiro atoms. The number of carbonyl (C=O) groups excluding carboxylic acids is 1. The quantitative estimate of drug-likeness (QED) is 0.805. The second kappa shape index (κ2) is 3.61. The highest BCUT2D eigenvalue weighted by molar-refractivity contribution is 9.11. The lowest BCUT2D eigenvalue weighted by molar-refractivity contribution is 0.0937. The molecule has 2 aromatic rings. The Bertz CT molecular complexity index is 612. The van der Waals surface area contributed by atoms with Crippen molar-refractivity contribution >= 4 is 48.8 Å². The minimum Gasteiger partial charge on any atom is -0.305 e. The normalized spacial score (nSPS) is 10.9. The summed E-state index contributed by atoms with van der Waals surface area (Å²) in [7, 11) is 0. The standard InChI is InChI=1S/C9H6Br2N2O2/c1-4(14)13-8-6(11)2-5(10)3-7(8)12-9(13)15/h2-3H,1H3,(H,12,15). The summed E-state index contributed by atoms with van der Waals surface area (Å²) in [5, 5.41) is 0. The predicted octanol–water partition coefficient (Wildman–Crippen LogP) is 2.51. The van der Waals surface area contributed by atoms with Crippen molar-refractivity contribution in [1.82, 2.24) is 9.55 Å². The molecule has 0 aliphatic carbocycles.